The van der Waals surface area contributed by atoms with Gasteiger partial charge in [0.1, 0.15) is 11.4 Å². The summed E-state index contributed by atoms with van der Waals surface area (Å²) in [6.07, 6.45) is 1.56. The first kappa shape index (κ1) is 18.9. The van der Waals surface area contributed by atoms with Crippen LogP contribution in [0.2, 0.25) is 0 Å². The minimum absolute atomic E-state index is 0.00619. The van der Waals surface area contributed by atoms with Crippen LogP contribution in [-0.2, 0) is 4.79 Å². The molecule has 26 heavy (non-hydrogen) atoms. The molecule has 0 aliphatic rings. The highest BCUT2D eigenvalue weighted by molar-refractivity contribution is 8.00. The third kappa shape index (κ3) is 4.07. The molecule has 1 aromatic carbocycles. The van der Waals surface area contributed by atoms with Crippen LogP contribution in [0.1, 0.15) is 50.7 Å². The summed E-state index contributed by atoms with van der Waals surface area (Å²) in [4.78, 5) is 21.2. The number of benzene rings is 1. The maximum absolute atomic E-state index is 12.6. The third-order valence-electron chi connectivity index (χ3n) is 4.19. The lowest BCUT2D eigenvalue weighted by atomic mass is 9.92. The van der Waals surface area contributed by atoms with Crippen molar-refractivity contribution in [1.82, 2.24) is 9.97 Å². The van der Waals surface area contributed by atoms with Crippen LogP contribution < -0.4 is 5.32 Å². The number of hydrogen-bond donors (Lipinski definition) is 1. The van der Waals surface area contributed by atoms with Crippen LogP contribution in [0.15, 0.2) is 41.0 Å². The Balaban J connectivity index is 1.77. The fraction of sp³-hybridized carbons (Fsp3) is 0.350. The van der Waals surface area contributed by atoms with Gasteiger partial charge < -0.3 is 5.32 Å². The number of para-hydroxylation sites is 1. The minimum atomic E-state index is -0.00619. The molecule has 0 atom stereocenters. The van der Waals surface area contributed by atoms with Gasteiger partial charge in [0.05, 0.1) is 16.0 Å². The minimum Gasteiger partial charge on any atom is -0.325 e. The smallest absolute Gasteiger partial charge is 0.234 e. The molecule has 6 heteroatoms. The van der Waals surface area contributed by atoms with Crippen molar-refractivity contribution >= 4 is 44.9 Å². The quantitative estimate of drug-likeness (QED) is 0.439. The van der Waals surface area contributed by atoms with Gasteiger partial charge in [-0.2, -0.15) is 0 Å². The van der Waals surface area contributed by atoms with Crippen molar-refractivity contribution in [2.75, 3.05) is 11.1 Å². The molecule has 0 spiro atoms. The van der Waals surface area contributed by atoms with Crippen molar-refractivity contribution in [3.8, 4) is 0 Å². The molecular formula is C20H23N3OS2. The second-order valence-corrected chi connectivity index (χ2v) is 8.65. The molecule has 2 aromatic heterocycles. The average molecular weight is 386 g/mol. The zero-order valence-electron chi connectivity index (χ0n) is 15.4. The number of hydrogen-bond acceptors (Lipinski definition) is 5. The fourth-order valence-corrected chi connectivity index (χ4v) is 4.62. The van der Waals surface area contributed by atoms with E-state index in [0.29, 0.717) is 17.6 Å². The van der Waals surface area contributed by atoms with E-state index in [2.05, 4.69) is 61.2 Å². The van der Waals surface area contributed by atoms with Crippen LogP contribution in [0.5, 0.6) is 0 Å². The van der Waals surface area contributed by atoms with Gasteiger partial charge in [-0.3, -0.25) is 4.79 Å². The second-order valence-electron chi connectivity index (χ2n) is 6.77. The number of fused-ring (bicyclic) bond motifs is 1. The predicted molar refractivity (Wildman–Crippen MR) is 111 cm³/mol. The Morgan fingerprint density at radius 1 is 1.12 bits per heavy atom. The van der Waals surface area contributed by atoms with Crippen molar-refractivity contribution in [3.05, 3.63) is 47.1 Å². The number of carbonyl (C=O) groups excluding carboxylic acids is 1. The molecule has 1 amide bonds. The highest BCUT2D eigenvalue weighted by Gasteiger charge is 2.16. The zero-order chi connectivity index (χ0) is 18.7. The fourth-order valence-electron chi connectivity index (χ4n) is 2.87. The zero-order valence-corrected chi connectivity index (χ0v) is 17.1. The Labute approximate surface area is 162 Å². The summed E-state index contributed by atoms with van der Waals surface area (Å²) in [5.74, 6) is 1.02. The van der Waals surface area contributed by atoms with E-state index in [4.69, 9.17) is 0 Å². The van der Waals surface area contributed by atoms with E-state index in [1.165, 1.54) is 22.9 Å². The van der Waals surface area contributed by atoms with Gasteiger partial charge in [0.25, 0.3) is 0 Å². The molecule has 0 bridgehead atoms. The number of anilines is 1. The molecule has 0 saturated heterocycles. The van der Waals surface area contributed by atoms with Crippen LogP contribution in [-0.4, -0.2) is 21.6 Å². The highest BCUT2D eigenvalue weighted by atomic mass is 32.2. The SMILES string of the molecule is CC(C)c1cccc(C(C)C)c1NC(=O)CSc1ncnc2ccsc12. The summed E-state index contributed by atoms with van der Waals surface area (Å²) in [6.45, 7) is 8.60. The summed E-state index contributed by atoms with van der Waals surface area (Å²) in [5, 5.41) is 6.01. The average Bonchev–Trinajstić information content (AvgIpc) is 3.09. The van der Waals surface area contributed by atoms with Crippen molar-refractivity contribution in [2.45, 2.75) is 44.6 Å². The summed E-state index contributed by atoms with van der Waals surface area (Å²) in [5.41, 5.74) is 4.25. The van der Waals surface area contributed by atoms with Crippen LogP contribution in [0, 0.1) is 0 Å². The molecule has 0 unspecified atom stereocenters. The number of aromatic nitrogens is 2. The summed E-state index contributed by atoms with van der Waals surface area (Å²) < 4.78 is 1.04. The van der Waals surface area contributed by atoms with Gasteiger partial charge in [-0.05, 0) is 34.4 Å². The van der Waals surface area contributed by atoms with Gasteiger partial charge in [-0.25, -0.2) is 9.97 Å². The molecule has 3 rings (SSSR count). The Kier molecular flexibility index (Phi) is 5.94. The maximum Gasteiger partial charge on any atom is 0.234 e. The number of nitrogens with one attached hydrogen (secondary N) is 1. The first-order valence-electron chi connectivity index (χ1n) is 8.71. The molecule has 3 aromatic rings. The summed E-state index contributed by atoms with van der Waals surface area (Å²) >= 11 is 3.06. The normalized spacial score (nSPS) is 11.5. The van der Waals surface area contributed by atoms with E-state index in [0.717, 1.165) is 20.9 Å². The molecule has 0 aliphatic heterocycles. The lowest BCUT2D eigenvalue weighted by molar-refractivity contribution is -0.113. The number of thiophene rings is 1. The molecule has 0 saturated carbocycles. The van der Waals surface area contributed by atoms with E-state index < -0.39 is 0 Å². The third-order valence-corrected chi connectivity index (χ3v) is 6.22. The molecule has 2 heterocycles. The van der Waals surface area contributed by atoms with E-state index in [1.54, 1.807) is 17.7 Å². The van der Waals surface area contributed by atoms with Gasteiger partial charge >= 0.3 is 0 Å². The van der Waals surface area contributed by atoms with E-state index in [1.807, 2.05) is 11.4 Å². The van der Waals surface area contributed by atoms with Gasteiger partial charge in [0.15, 0.2) is 0 Å². The molecular weight excluding hydrogens is 362 g/mol. The number of rotatable bonds is 6. The molecule has 0 aliphatic carbocycles. The van der Waals surface area contributed by atoms with Crippen LogP contribution in [0.25, 0.3) is 10.2 Å². The lowest BCUT2D eigenvalue weighted by Gasteiger charge is -2.20. The Hall–Kier alpha value is -1.92. The van der Waals surface area contributed by atoms with Gasteiger partial charge in [-0.1, -0.05) is 57.7 Å². The molecule has 1 N–H and O–H groups in total. The van der Waals surface area contributed by atoms with Gasteiger partial charge in [0, 0.05) is 5.69 Å². The molecule has 0 fully saturated rings. The first-order valence-corrected chi connectivity index (χ1v) is 10.6. The van der Waals surface area contributed by atoms with Gasteiger partial charge in [0.2, 0.25) is 5.91 Å². The molecule has 0 radical (unpaired) electrons. The Morgan fingerprint density at radius 2 is 1.81 bits per heavy atom. The van der Waals surface area contributed by atoms with E-state index in [-0.39, 0.29) is 5.91 Å². The number of carbonyl (C=O) groups is 1. The number of amides is 1. The number of thioether (sulfide) groups is 1. The van der Waals surface area contributed by atoms with Gasteiger partial charge in [-0.15, -0.1) is 11.3 Å². The standard InChI is InChI=1S/C20H23N3OS2/c1-12(2)14-6-5-7-15(13(3)4)18(14)23-17(24)10-26-20-19-16(8-9-25-19)21-11-22-20/h5-9,11-13H,10H2,1-4H3,(H,23,24). The first-order chi connectivity index (χ1) is 12.5. The lowest BCUT2D eigenvalue weighted by Crippen LogP contribution is -2.17. The van der Waals surface area contributed by atoms with Crippen LogP contribution >= 0.6 is 23.1 Å². The second kappa shape index (κ2) is 8.18. The molecule has 136 valence electrons. The van der Waals surface area contributed by atoms with Crippen molar-refractivity contribution in [1.29, 1.82) is 0 Å². The van der Waals surface area contributed by atoms with Crippen molar-refractivity contribution < 1.29 is 4.79 Å². The van der Waals surface area contributed by atoms with Crippen molar-refractivity contribution in [3.63, 3.8) is 0 Å². The van der Waals surface area contributed by atoms with Crippen molar-refractivity contribution in [2.24, 2.45) is 0 Å². The molecule has 4 nitrogen and oxygen atoms in total. The number of nitrogens with zero attached hydrogens (tertiary/aromatic N) is 2. The topological polar surface area (TPSA) is 54.9 Å². The monoisotopic (exact) mass is 385 g/mol. The predicted octanol–water partition coefficient (Wildman–Crippen LogP) is 5.67. The largest absolute Gasteiger partial charge is 0.325 e. The highest BCUT2D eigenvalue weighted by Crippen LogP contribution is 2.33. The summed E-state index contributed by atoms with van der Waals surface area (Å²) in [7, 11) is 0. The maximum atomic E-state index is 12.6. The van der Waals surface area contributed by atoms with Crippen LogP contribution in [0.4, 0.5) is 5.69 Å². The Bertz CT molecular complexity index is 892. The summed E-state index contributed by atoms with van der Waals surface area (Å²) in [6, 6.07) is 8.24. The van der Waals surface area contributed by atoms with E-state index >= 15 is 0 Å². The Morgan fingerprint density at radius 3 is 2.46 bits per heavy atom. The van der Waals surface area contributed by atoms with Crippen LogP contribution in [0.3, 0.4) is 0 Å². The van der Waals surface area contributed by atoms with E-state index in [9.17, 15) is 4.79 Å².